The highest BCUT2D eigenvalue weighted by Gasteiger charge is 2.28. The lowest BCUT2D eigenvalue weighted by Gasteiger charge is -2.25. The average Bonchev–Trinajstić information content (AvgIpc) is 3.30. The van der Waals surface area contributed by atoms with Crippen LogP contribution in [0.5, 0.6) is 0 Å². The Morgan fingerprint density at radius 3 is 2.39 bits per heavy atom. The quantitative estimate of drug-likeness (QED) is 0.354. The summed E-state index contributed by atoms with van der Waals surface area (Å²) in [5, 5.41) is 18.7. The fourth-order valence-corrected chi connectivity index (χ4v) is 6.21. The molecule has 1 aliphatic rings. The Bertz CT molecular complexity index is 1640. The number of nitrogens with zero attached hydrogens (tertiary/aromatic N) is 5. The van der Waals surface area contributed by atoms with E-state index >= 15 is 0 Å². The predicted molar refractivity (Wildman–Crippen MR) is 141 cm³/mol. The number of carbonyl (C=O) groups excluding carboxylic acids is 1. The van der Waals surface area contributed by atoms with Crippen LogP contribution in [0.1, 0.15) is 0 Å². The second-order valence-electron chi connectivity index (χ2n) is 8.29. The first-order valence-electron chi connectivity index (χ1n) is 11.2. The van der Waals surface area contributed by atoms with E-state index < -0.39 is 22.5 Å². The molecule has 0 unspecified atom stereocenters. The second kappa shape index (κ2) is 10.2. The third kappa shape index (κ3) is 5.03. The van der Waals surface area contributed by atoms with Crippen LogP contribution in [0, 0.1) is 0 Å². The number of aromatic nitrogens is 3. The van der Waals surface area contributed by atoms with Crippen molar-refractivity contribution in [2.45, 2.75) is 4.90 Å². The van der Waals surface area contributed by atoms with Gasteiger partial charge in [0.25, 0.3) is 15.9 Å². The van der Waals surface area contributed by atoms with Gasteiger partial charge < -0.3 is 9.84 Å². The van der Waals surface area contributed by atoms with E-state index in [4.69, 9.17) is 27.9 Å². The number of morpholine rings is 1. The van der Waals surface area contributed by atoms with Gasteiger partial charge in [0.15, 0.2) is 11.6 Å². The molecule has 1 amide bonds. The highest BCUT2D eigenvalue weighted by atomic mass is 35.5. The molecule has 2 aromatic heterocycles. The van der Waals surface area contributed by atoms with Crippen LogP contribution in [0.3, 0.4) is 0 Å². The van der Waals surface area contributed by atoms with Gasteiger partial charge in [-0.25, -0.2) is 8.42 Å². The Hall–Kier alpha value is -3.71. The summed E-state index contributed by atoms with van der Waals surface area (Å²) < 4.78 is 34.5. The number of halogens is 2. The zero-order valence-corrected chi connectivity index (χ0v) is 21.8. The molecule has 14 heteroatoms. The fourth-order valence-electron chi connectivity index (χ4n) is 4.08. The van der Waals surface area contributed by atoms with Crippen molar-refractivity contribution in [1.29, 1.82) is 0 Å². The molecule has 0 saturated carbocycles. The lowest BCUT2D eigenvalue weighted by molar-refractivity contribution is -0.135. The van der Waals surface area contributed by atoms with Crippen molar-refractivity contribution in [3.05, 3.63) is 70.8 Å². The van der Waals surface area contributed by atoms with Crippen molar-refractivity contribution in [2.75, 3.05) is 35.5 Å². The molecule has 4 aromatic rings. The molecule has 1 aliphatic heterocycles. The number of rotatable bonds is 7. The first-order chi connectivity index (χ1) is 18.1. The van der Waals surface area contributed by atoms with E-state index in [9.17, 15) is 23.1 Å². The van der Waals surface area contributed by atoms with Crippen LogP contribution in [-0.4, -0.2) is 66.5 Å². The molecule has 3 heterocycles. The van der Waals surface area contributed by atoms with Gasteiger partial charge in [0, 0.05) is 21.6 Å². The molecule has 0 atom stereocenters. The number of carboxylic acids is 1. The topological polar surface area (TPSA) is 135 Å². The monoisotopic (exact) mass is 575 g/mol. The van der Waals surface area contributed by atoms with E-state index in [0.717, 1.165) is 4.31 Å². The number of benzene rings is 2. The number of aliphatic carboxylic acids is 1. The van der Waals surface area contributed by atoms with Gasteiger partial charge in [-0.3, -0.25) is 23.4 Å². The highest BCUT2D eigenvalue weighted by molar-refractivity contribution is 7.92. The summed E-state index contributed by atoms with van der Waals surface area (Å²) >= 11 is 12.0. The van der Waals surface area contributed by atoms with Crippen LogP contribution >= 0.6 is 23.2 Å². The zero-order chi connectivity index (χ0) is 27.0. The standard InChI is InChI=1S/C24H19Cl2N5O6S/c25-16-10-17(26)12-19(11-16)38(35,36)31(13-24(33)34)18-1-2-20-15(9-18)5-6-29(20)21-3-4-22(28-27-21)30-7-8-37-14-23(30)32/h1-6,9-12H,7-8,13-14H2,(H,33,34). The lowest BCUT2D eigenvalue weighted by atomic mass is 10.2. The number of hydrogen-bond acceptors (Lipinski definition) is 7. The maximum atomic E-state index is 13.4. The van der Waals surface area contributed by atoms with E-state index in [2.05, 4.69) is 10.2 Å². The van der Waals surface area contributed by atoms with Crippen LogP contribution < -0.4 is 9.21 Å². The average molecular weight is 576 g/mol. The SMILES string of the molecule is O=C(O)CN(c1ccc2c(ccn2-c2ccc(N3CCOCC3=O)nn2)c1)S(=O)(=O)c1cc(Cl)cc(Cl)c1. The molecule has 1 N–H and O–H groups in total. The molecule has 1 saturated heterocycles. The zero-order valence-electron chi connectivity index (χ0n) is 19.5. The van der Waals surface area contributed by atoms with Crippen LogP contribution in [0.2, 0.25) is 10.0 Å². The third-order valence-electron chi connectivity index (χ3n) is 5.81. The number of carboxylic acid groups (broad SMARTS) is 1. The van der Waals surface area contributed by atoms with E-state index in [1.165, 1.54) is 29.2 Å². The fraction of sp³-hybridized carbons (Fsp3) is 0.167. The molecule has 0 aliphatic carbocycles. The molecular formula is C24H19Cl2N5O6S. The number of sulfonamides is 1. The van der Waals surface area contributed by atoms with Gasteiger partial charge in [-0.05, 0) is 54.6 Å². The van der Waals surface area contributed by atoms with Gasteiger partial charge in [-0.1, -0.05) is 23.2 Å². The molecule has 11 nitrogen and oxygen atoms in total. The van der Waals surface area contributed by atoms with Crippen molar-refractivity contribution < 1.29 is 27.9 Å². The van der Waals surface area contributed by atoms with Crippen molar-refractivity contribution in [3.63, 3.8) is 0 Å². The van der Waals surface area contributed by atoms with Crippen LogP contribution in [0.15, 0.2) is 65.7 Å². The molecule has 0 radical (unpaired) electrons. The van der Waals surface area contributed by atoms with E-state index in [1.54, 1.807) is 41.1 Å². The number of carbonyl (C=O) groups is 2. The summed E-state index contributed by atoms with van der Waals surface area (Å²) in [6.07, 6.45) is 1.73. The second-order valence-corrected chi connectivity index (χ2v) is 11.0. The number of ether oxygens (including phenoxy) is 1. The van der Waals surface area contributed by atoms with Crippen LogP contribution in [0.4, 0.5) is 11.5 Å². The Morgan fingerprint density at radius 2 is 1.74 bits per heavy atom. The maximum Gasteiger partial charge on any atom is 0.324 e. The number of hydrogen-bond donors (Lipinski definition) is 1. The summed E-state index contributed by atoms with van der Waals surface area (Å²) in [6.45, 7) is -0.0171. The Morgan fingerprint density at radius 1 is 1.03 bits per heavy atom. The normalized spacial score (nSPS) is 14.2. The lowest BCUT2D eigenvalue weighted by Crippen LogP contribution is -2.42. The predicted octanol–water partition coefficient (Wildman–Crippen LogP) is 3.37. The first kappa shape index (κ1) is 25.9. The minimum Gasteiger partial charge on any atom is -0.480 e. The molecule has 38 heavy (non-hydrogen) atoms. The van der Waals surface area contributed by atoms with Gasteiger partial charge in [0.2, 0.25) is 0 Å². The Balaban J connectivity index is 1.49. The molecule has 0 spiro atoms. The minimum atomic E-state index is -4.31. The Kier molecular flexibility index (Phi) is 6.97. The molecule has 1 fully saturated rings. The van der Waals surface area contributed by atoms with Gasteiger partial charge in [0.1, 0.15) is 13.2 Å². The number of amides is 1. The molecular weight excluding hydrogens is 557 g/mol. The van der Waals surface area contributed by atoms with E-state index in [1.807, 2.05) is 0 Å². The van der Waals surface area contributed by atoms with Gasteiger partial charge in [-0.2, -0.15) is 0 Å². The summed E-state index contributed by atoms with van der Waals surface area (Å²) in [7, 11) is -4.31. The van der Waals surface area contributed by atoms with Crippen molar-refractivity contribution in [3.8, 4) is 5.82 Å². The summed E-state index contributed by atoms with van der Waals surface area (Å²) in [5.74, 6) is -0.649. The molecule has 196 valence electrons. The Labute approximate surface area is 226 Å². The molecule has 0 bridgehead atoms. The third-order valence-corrected chi connectivity index (χ3v) is 8.00. The highest BCUT2D eigenvalue weighted by Crippen LogP contribution is 2.31. The summed E-state index contributed by atoms with van der Waals surface area (Å²) in [4.78, 5) is 24.9. The summed E-state index contributed by atoms with van der Waals surface area (Å²) in [6, 6.07) is 13.6. The van der Waals surface area contributed by atoms with Gasteiger partial charge in [-0.15, -0.1) is 10.2 Å². The van der Waals surface area contributed by atoms with Crippen LogP contribution in [-0.2, 0) is 24.3 Å². The van der Waals surface area contributed by atoms with E-state index in [0.29, 0.717) is 35.7 Å². The van der Waals surface area contributed by atoms with Gasteiger partial charge in [0.05, 0.1) is 29.3 Å². The van der Waals surface area contributed by atoms with Crippen LogP contribution in [0.25, 0.3) is 16.7 Å². The minimum absolute atomic E-state index is 0.00697. The van der Waals surface area contributed by atoms with E-state index in [-0.39, 0.29) is 33.1 Å². The van der Waals surface area contributed by atoms with Crippen molar-refractivity contribution in [2.24, 2.45) is 0 Å². The largest absolute Gasteiger partial charge is 0.480 e. The van der Waals surface area contributed by atoms with Crippen molar-refractivity contribution >= 4 is 67.5 Å². The molecule has 2 aromatic carbocycles. The molecule has 5 rings (SSSR count). The first-order valence-corrected chi connectivity index (χ1v) is 13.4. The van der Waals surface area contributed by atoms with Crippen molar-refractivity contribution in [1.82, 2.24) is 14.8 Å². The number of fused-ring (bicyclic) bond motifs is 1. The van der Waals surface area contributed by atoms with Gasteiger partial charge >= 0.3 is 5.97 Å². The smallest absolute Gasteiger partial charge is 0.324 e. The maximum absolute atomic E-state index is 13.4. The number of anilines is 2. The summed E-state index contributed by atoms with van der Waals surface area (Å²) in [5.41, 5.74) is 0.817.